The number of nitrogens with one attached hydrogen (secondary N) is 1. The van der Waals surface area contributed by atoms with Gasteiger partial charge in [0.15, 0.2) is 0 Å². The Balaban J connectivity index is 2.57. The van der Waals surface area contributed by atoms with Crippen LogP contribution in [-0.4, -0.2) is 28.2 Å². The van der Waals surface area contributed by atoms with Crippen LogP contribution < -0.4 is 10.3 Å². The Morgan fingerprint density at radius 3 is 2.79 bits per heavy atom. The predicted octanol–water partition coefficient (Wildman–Crippen LogP) is 1.80. The van der Waals surface area contributed by atoms with E-state index in [1.165, 1.54) is 7.11 Å². The van der Waals surface area contributed by atoms with Gasteiger partial charge >= 0.3 is 5.97 Å². The first-order valence-electron chi connectivity index (χ1n) is 5.19. The van der Waals surface area contributed by atoms with Crippen molar-refractivity contribution in [3.05, 3.63) is 45.3 Å². The van der Waals surface area contributed by atoms with Gasteiger partial charge in [0.2, 0.25) is 0 Å². The molecule has 0 aliphatic carbocycles. The number of carboxylic acid groups (broad SMARTS) is 1. The molecule has 0 saturated heterocycles. The highest BCUT2D eigenvalue weighted by Crippen LogP contribution is 2.29. The molecule has 7 heteroatoms. The van der Waals surface area contributed by atoms with E-state index in [4.69, 9.17) is 21.4 Å². The third-order valence-corrected chi connectivity index (χ3v) is 2.68. The number of hydrogen-bond acceptors (Lipinski definition) is 4. The second-order valence-electron chi connectivity index (χ2n) is 3.62. The normalized spacial score (nSPS) is 10.2. The van der Waals surface area contributed by atoms with Crippen LogP contribution in [0.3, 0.4) is 0 Å². The first-order valence-corrected chi connectivity index (χ1v) is 5.57. The molecule has 2 aromatic rings. The zero-order chi connectivity index (χ0) is 14.0. The van der Waals surface area contributed by atoms with Crippen LogP contribution in [0.15, 0.2) is 29.2 Å². The molecule has 1 aromatic heterocycles. The number of H-pyrrole nitrogens is 1. The van der Waals surface area contributed by atoms with E-state index in [1.807, 2.05) is 0 Å². The summed E-state index contributed by atoms with van der Waals surface area (Å²) in [5.74, 6) is -0.689. The third-order valence-electron chi connectivity index (χ3n) is 2.45. The molecule has 0 aliphatic heterocycles. The van der Waals surface area contributed by atoms with Gasteiger partial charge in [-0.3, -0.25) is 4.79 Å². The van der Waals surface area contributed by atoms with Crippen LogP contribution in [0.1, 0.15) is 10.4 Å². The summed E-state index contributed by atoms with van der Waals surface area (Å²) >= 11 is 5.83. The van der Waals surface area contributed by atoms with Gasteiger partial charge in [0, 0.05) is 11.2 Å². The van der Waals surface area contributed by atoms with Crippen molar-refractivity contribution < 1.29 is 14.6 Å². The molecule has 1 aromatic carbocycles. The van der Waals surface area contributed by atoms with Crippen LogP contribution in [0.2, 0.25) is 5.02 Å². The summed E-state index contributed by atoms with van der Waals surface area (Å²) in [6.07, 6.45) is 1.00. The molecule has 98 valence electrons. The molecular weight excluding hydrogens is 272 g/mol. The lowest BCUT2D eigenvalue weighted by Crippen LogP contribution is -2.18. The van der Waals surface area contributed by atoms with Crippen LogP contribution in [-0.2, 0) is 0 Å². The van der Waals surface area contributed by atoms with Crippen molar-refractivity contribution in [2.24, 2.45) is 0 Å². The monoisotopic (exact) mass is 280 g/mol. The second kappa shape index (κ2) is 5.11. The molecule has 0 unspecified atom stereocenters. The van der Waals surface area contributed by atoms with Crippen molar-refractivity contribution in [3.63, 3.8) is 0 Å². The smallest absolute Gasteiger partial charge is 0.342 e. The van der Waals surface area contributed by atoms with E-state index in [0.29, 0.717) is 16.3 Å². The van der Waals surface area contributed by atoms with Crippen LogP contribution in [0.4, 0.5) is 0 Å². The Morgan fingerprint density at radius 1 is 1.47 bits per heavy atom. The maximum absolute atomic E-state index is 11.6. The Kier molecular flexibility index (Phi) is 3.52. The summed E-state index contributed by atoms with van der Waals surface area (Å²) in [6.45, 7) is 0. The number of carbonyl (C=O) groups is 1. The fourth-order valence-electron chi connectivity index (χ4n) is 1.54. The van der Waals surface area contributed by atoms with Crippen molar-refractivity contribution >= 4 is 17.6 Å². The highest BCUT2D eigenvalue weighted by molar-refractivity contribution is 6.30. The lowest BCUT2D eigenvalue weighted by atomic mass is 10.2. The Labute approximate surface area is 112 Å². The average Bonchev–Trinajstić information content (AvgIpc) is 2.37. The fourth-order valence-corrected chi connectivity index (χ4v) is 1.71. The van der Waals surface area contributed by atoms with E-state index >= 15 is 0 Å². The molecular formula is C12H9ClN2O4. The fraction of sp³-hybridized carbons (Fsp3) is 0.0833. The molecule has 0 aliphatic rings. The zero-order valence-corrected chi connectivity index (χ0v) is 10.6. The largest absolute Gasteiger partial charge is 0.496 e. The van der Waals surface area contributed by atoms with Gasteiger partial charge in [0.1, 0.15) is 17.1 Å². The molecule has 0 saturated carbocycles. The lowest BCUT2D eigenvalue weighted by molar-refractivity contribution is 0.0694. The molecule has 0 spiro atoms. The minimum atomic E-state index is -1.33. The number of ether oxygens (including phenoxy) is 1. The number of carboxylic acids is 1. The number of nitrogens with zero attached hydrogens (tertiary/aromatic N) is 1. The molecule has 6 nitrogen and oxygen atoms in total. The number of hydrogen-bond donors (Lipinski definition) is 2. The van der Waals surface area contributed by atoms with Gasteiger partial charge in [0.25, 0.3) is 5.56 Å². The maximum atomic E-state index is 11.6. The van der Waals surface area contributed by atoms with Crippen LogP contribution in [0.5, 0.6) is 5.75 Å². The van der Waals surface area contributed by atoms with Gasteiger partial charge in [-0.25, -0.2) is 9.78 Å². The number of halogens is 1. The number of rotatable bonds is 3. The maximum Gasteiger partial charge on any atom is 0.342 e. The number of methoxy groups -OCH3 is 1. The van der Waals surface area contributed by atoms with Crippen molar-refractivity contribution in [2.75, 3.05) is 7.11 Å². The Morgan fingerprint density at radius 2 is 2.21 bits per heavy atom. The Bertz CT molecular complexity index is 696. The molecule has 19 heavy (non-hydrogen) atoms. The first kappa shape index (κ1) is 13.1. The number of aromatic amines is 1. The number of benzene rings is 1. The van der Waals surface area contributed by atoms with Gasteiger partial charge in [-0.15, -0.1) is 0 Å². The van der Waals surface area contributed by atoms with Crippen LogP contribution in [0.25, 0.3) is 11.4 Å². The lowest BCUT2D eigenvalue weighted by Gasteiger charge is -2.08. The van der Waals surface area contributed by atoms with E-state index in [0.717, 1.165) is 6.20 Å². The summed E-state index contributed by atoms with van der Waals surface area (Å²) < 4.78 is 5.14. The van der Waals surface area contributed by atoms with Gasteiger partial charge in [-0.05, 0) is 18.2 Å². The summed E-state index contributed by atoms with van der Waals surface area (Å²) in [5, 5.41) is 9.24. The average molecular weight is 281 g/mol. The van der Waals surface area contributed by atoms with Crippen LogP contribution in [0, 0.1) is 0 Å². The summed E-state index contributed by atoms with van der Waals surface area (Å²) in [5.41, 5.74) is -0.632. The first-order chi connectivity index (χ1) is 9.02. The molecule has 0 radical (unpaired) electrons. The van der Waals surface area contributed by atoms with E-state index in [-0.39, 0.29) is 5.82 Å². The van der Waals surface area contributed by atoms with Crippen molar-refractivity contribution in [1.82, 2.24) is 9.97 Å². The standard InChI is InChI=1S/C12H9ClN2O4/c1-19-9-4-6(13)2-3-7(9)10-14-5-8(12(17)18)11(16)15-10/h2-5H,1H3,(H,17,18)(H,14,15,16). The molecule has 0 fully saturated rings. The molecule has 1 heterocycles. The number of aromatic carboxylic acids is 1. The molecule has 2 N–H and O–H groups in total. The zero-order valence-electron chi connectivity index (χ0n) is 9.81. The van der Waals surface area contributed by atoms with Gasteiger partial charge < -0.3 is 14.8 Å². The van der Waals surface area contributed by atoms with E-state index in [1.54, 1.807) is 18.2 Å². The quantitative estimate of drug-likeness (QED) is 0.894. The summed E-state index contributed by atoms with van der Waals surface area (Å²) in [4.78, 5) is 28.6. The molecule has 0 atom stereocenters. The second-order valence-corrected chi connectivity index (χ2v) is 4.06. The van der Waals surface area contributed by atoms with E-state index in [2.05, 4.69) is 9.97 Å². The summed E-state index contributed by atoms with van der Waals surface area (Å²) in [6, 6.07) is 4.81. The summed E-state index contributed by atoms with van der Waals surface area (Å²) in [7, 11) is 1.46. The van der Waals surface area contributed by atoms with Gasteiger partial charge in [0.05, 0.1) is 12.7 Å². The molecule has 0 bridgehead atoms. The predicted molar refractivity (Wildman–Crippen MR) is 68.8 cm³/mol. The van der Waals surface area contributed by atoms with E-state index in [9.17, 15) is 9.59 Å². The number of aromatic nitrogens is 2. The topological polar surface area (TPSA) is 92.3 Å². The van der Waals surface area contributed by atoms with Gasteiger partial charge in [-0.1, -0.05) is 11.6 Å². The Hall–Kier alpha value is -2.34. The van der Waals surface area contributed by atoms with Gasteiger partial charge in [-0.2, -0.15) is 0 Å². The SMILES string of the molecule is COc1cc(Cl)ccc1-c1ncc(C(=O)O)c(=O)[nH]1. The molecule has 2 rings (SSSR count). The minimum Gasteiger partial charge on any atom is -0.496 e. The van der Waals surface area contributed by atoms with Crippen molar-refractivity contribution in [2.45, 2.75) is 0 Å². The highest BCUT2D eigenvalue weighted by atomic mass is 35.5. The third kappa shape index (κ3) is 2.58. The van der Waals surface area contributed by atoms with Crippen molar-refractivity contribution in [3.8, 4) is 17.1 Å². The highest BCUT2D eigenvalue weighted by Gasteiger charge is 2.13. The molecule has 0 amide bonds. The van der Waals surface area contributed by atoms with Crippen molar-refractivity contribution in [1.29, 1.82) is 0 Å². The van der Waals surface area contributed by atoms with E-state index < -0.39 is 17.1 Å². The minimum absolute atomic E-state index is 0.212. The van der Waals surface area contributed by atoms with Crippen LogP contribution >= 0.6 is 11.6 Å².